The van der Waals surface area contributed by atoms with Crippen molar-refractivity contribution >= 4 is 42.6 Å². The van der Waals surface area contributed by atoms with Crippen LogP contribution in [0, 0.1) is 0 Å². The molecule has 0 aliphatic heterocycles. The standard InChI is InChI=1S/C29H16Br2/c30-18-10-12-21-22-13-11-19(31)16-27(22)29(26(21)15-18)24-8-4-3-7-23(24)28-20-6-2-1-5-17(20)9-14-25(28)29/h1-16H/i1D,2D,3D,4D,5D,6D,7D,8D,9D,10D,11D,12D,13D,14D,15D,16D. The highest BCUT2D eigenvalue weighted by Crippen LogP contribution is 2.64. The molecule has 0 unspecified atom stereocenters. The molecule has 2 aliphatic carbocycles. The van der Waals surface area contributed by atoms with Gasteiger partial charge in [-0.2, -0.15) is 0 Å². The van der Waals surface area contributed by atoms with Crippen molar-refractivity contribution in [3.05, 3.63) is 128 Å². The molecular formula is C29H16Br2. The molecule has 0 saturated heterocycles. The van der Waals surface area contributed by atoms with Gasteiger partial charge < -0.3 is 0 Å². The Morgan fingerprint density at radius 3 is 1.94 bits per heavy atom. The third-order valence-corrected chi connectivity index (χ3v) is 6.54. The van der Waals surface area contributed by atoms with Gasteiger partial charge in [0.25, 0.3) is 0 Å². The molecular weight excluding hydrogens is 508 g/mol. The van der Waals surface area contributed by atoms with Gasteiger partial charge in [0, 0.05) is 8.95 Å². The lowest BCUT2D eigenvalue weighted by atomic mass is 9.70. The van der Waals surface area contributed by atoms with Crippen molar-refractivity contribution in [2.75, 3.05) is 0 Å². The number of hydrogen-bond acceptors (Lipinski definition) is 0. The smallest absolute Gasteiger partial charge is 0.0619 e. The van der Waals surface area contributed by atoms with Crippen LogP contribution < -0.4 is 0 Å². The normalized spacial score (nSPS) is 21.6. The minimum Gasteiger partial charge on any atom is -0.0619 e. The summed E-state index contributed by atoms with van der Waals surface area (Å²) in [5, 5.41) is -0.689. The first-order valence-electron chi connectivity index (χ1n) is 17.1. The van der Waals surface area contributed by atoms with E-state index in [1.807, 2.05) is 0 Å². The molecule has 0 bridgehead atoms. The largest absolute Gasteiger partial charge is 0.0726 e. The van der Waals surface area contributed by atoms with E-state index in [0.29, 0.717) is 0 Å². The molecule has 0 saturated carbocycles. The van der Waals surface area contributed by atoms with Crippen molar-refractivity contribution in [3.8, 4) is 22.3 Å². The SMILES string of the molecule is [2H]c1c([2H])c([2H])c2c(c1[2H])-c1c(c([2H])c([2H])c3c([2H])c([2H])c([2H])c([2H])c13)C21c2c([2H])c(Br)c([2H])c([2H])c2-c2c([2H])c([2H])c(Br)c([2H])c21. The summed E-state index contributed by atoms with van der Waals surface area (Å²) < 4.78 is 142. The Morgan fingerprint density at radius 1 is 0.548 bits per heavy atom. The Kier molecular flexibility index (Phi) is 1.67. The van der Waals surface area contributed by atoms with Crippen LogP contribution in [-0.2, 0) is 5.41 Å². The first-order valence-corrected chi connectivity index (χ1v) is 10.7. The Balaban J connectivity index is 1.97. The topological polar surface area (TPSA) is 0 Å². The molecule has 0 heterocycles. The predicted octanol–water partition coefficient (Wildman–Crippen LogP) is 8.71. The maximum absolute atomic E-state index is 9.42. The summed E-state index contributed by atoms with van der Waals surface area (Å²) in [4.78, 5) is 0. The van der Waals surface area contributed by atoms with E-state index in [-0.39, 0.29) is 64.2 Å². The van der Waals surface area contributed by atoms with Crippen molar-refractivity contribution in [3.63, 3.8) is 0 Å². The number of rotatable bonds is 0. The van der Waals surface area contributed by atoms with Crippen LogP contribution in [0.15, 0.2) is 106 Å². The van der Waals surface area contributed by atoms with Crippen molar-refractivity contribution < 1.29 is 21.9 Å². The lowest BCUT2D eigenvalue weighted by Gasteiger charge is -2.30. The van der Waals surface area contributed by atoms with E-state index in [0.717, 1.165) is 0 Å². The first-order chi connectivity index (χ1) is 21.9. The molecule has 0 aromatic heterocycles. The summed E-state index contributed by atoms with van der Waals surface area (Å²) in [5.41, 5.74) is -4.33. The van der Waals surface area contributed by atoms with Gasteiger partial charge in [0.15, 0.2) is 0 Å². The van der Waals surface area contributed by atoms with Crippen LogP contribution in [0.3, 0.4) is 0 Å². The molecule has 5 aromatic carbocycles. The van der Waals surface area contributed by atoms with Gasteiger partial charge in [-0.1, -0.05) is 104 Å². The summed E-state index contributed by atoms with van der Waals surface area (Å²) in [5.74, 6) is 0. The van der Waals surface area contributed by atoms with E-state index in [9.17, 15) is 5.48 Å². The molecule has 2 aliphatic rings. The van der Waals surface area contributed by atoms with Gasteiger partial charge in [0.05, 0.1) is 27.3 Å². The zero-order valence-corrected chi connectivity index (χ0v) is 18.4. The zero-order chi connectivity index (χ0) is 34.7. The van der Waals surface area contributed by atoms with E-state index >= 15 is 0 Å². The molecule has 0 radical (unpaired) electrons. The molecule has 5 aromatic rings. The van der Waals surface area contributed by atoms with Gasteiger partial charge in [-0.3, -0.25) is 0 Å². The van der Waals surface area contributed by atoms with Crippen molar-refractivity contribution in [2.24, 2.45) is 0 Å². The van der Waals surface area contributed by atoms with Crippen LogP contribution in [0.25, 0.3) is 33.0 Å². The van der Waals surface area contributed by atoms with Crippen LogP contribution in [0.2, 0.25) is 0 Å². The van der Waals surface area contributed by atoms with E-state index in [2.05, 4.69) is 31.9 Å². The fraction of sp³-hybridized carbons (Fsp3) is 0.0345. The Bertz CT molecular complexity index is 2330. The van der Waals surface area contributed by atoms with Crippen molar-refractivity contribution in [1.82, 2.24) is 0 Å². The molecule has 0 fully saturated rings. The van der Waals surface area contributed by atoms with Gasteiger partial charge >= 0.3 is 0 Å². The fourth-order valence-corrected chi connectivity index (χ4v) is 5.27. The summed E-state index contributed by atoms with van der Waals surface area (Å²) in [6.07, 6.45) is 0. The summed E-state index contributed by atoms with van der Waals surface area (Å²) >= 11 is 6.41. The Labute approximate surface area is 220 Å². The lowest BCUT2D eigenvalue weighted by molar-refractivity contribution is 0.793. The monoisotopic (exact) mass is 538 g/mol. The molecule has 0 N–H and O–H groups in total. The van der Waals surface area contributed by atoms with Crippen LogP contribution in [0.4, 0.5) is 0 Å². The van der Waals surface area contributed by atoms with E-state index < -0.39 is 102 Å². The van der Waals surface area contributed by atoms with Gasteiger partial charge in [-0.05, 0) is 79.4 Å². The van der Waals surface area contributed by atoms with Gasteiger partial charge in [-0.15, -0.1) is 0 Å². The van der Waals surface area contributed by atoms with E-state index in [4.69, 9.17) is 16.4 Å². The number of hydrogen-bond donors (Lipinski definition) is 0. The lowest BCUT2D eigenvalue weighted by Crippen LogP contribution is -2.25. The summed E-state index contributed by atoms with van der Waals surface area (Å²) in [7, 11) is 0. The second-order valence-corrected chi connectivity index (χ2v) is 8.71. The van der Waals surface area contributed by atoms with Gasteiger partial charge in [-0.25, -0.2) is 0 Å². The van der Waals surface area contributed by atoms with Crippen LogP contribution >= 0.6 is 31.9 Å². The number of halogens is 2. The highest BCUT2D eigenvalue weighted by atomic mass is 79.9. The summed E-state index contributed by atoms with van der Waals surface area (Å²) in [6, 6.07) is -9.71. The molecule has 7 rings (SSSR count). The molecule has 1 spiro atoms. The first kappa shape index (κ1) is 8.35. The molecule has 0 atom stereocenters. The third-order valence-electron chi connectivity index (χ3n) is 5.75. The Hall–Kier alpha value is -2.68. The van der Waals surface area contributed by atoms with E-state index in [1.165, 1.54) is 0 Å². The van der Waals surface area contributed by atoms with Crippen LogP contribution in [-0.4, -0.2) is 0 Å². The molecule has 31 heavy (non-hydrogen) atoms. The van der Waals surface area contributed by atoms with Crippen LogP contribution in [0.1, 0.15) is 44.2 Å². The second-order valence-electron chi connectivity index (χ2n) is 7.13. The highest BCUT2D eigenvalue weighted by molar-refractivity contribution is 9.10. The quantitative estimate of drug-likeness (QED) is 0.181. The number of benzene rings is 5. The van der Waals surface area contributed by atoms with Crippen molar-refractivity contribution in [2.45, 2.75) is 5.41 Å². The minimum absolute atomic E-state index is 0.201. The molecule has 0 nitrogen and oxygen atoms in total. The molecule has 0 amide bonds. The second kappa shape index (κ2) is 6.18. The molecule has 2 heteroatoms. The van der Waals surface area contributed by atoms with Crippen LogP contribution in [0.5, 0.6) is 0 Å². The Morgan fingerprint density at radius 2 is 1.19 bits per heavy atom. The van der Waals surface area contributed by atoms with Crippen molar-refractivity contribution in [1.29, 1.82) is 0 Å². The van der Waals surface area contributed by atoms with E-state index in [1.54, 1.807) is 0 Å². The highest BCUT2D eigenvalue weighted by Gasteiger charge is 2.52. The molecule has 146 valence electrons. The average molecular weight is 540 g/mol. The zero-order valence-electron chi connectivity index (χ0n) is 31.3. The number of fused-ring (bicyclic) bond motifs is 12. The van der Waals surface area contributed by atoms with Gasteiger partial charge in [0.1, 0.15) is 0 Å². The maximum Gasteiger partial charge on any atom is 0.0726 e. The predicted molar refractivity (Wildman–Crippen MR) is 136 cm³/mol. The average Bonchev–Trinajstić information content (AvgIpc) is 3.53. The maximum atomic E-state index is 9.42. The third kappa shape index (κ3) is 2.15. The minimum atomic E-state index is -2.30. The van der Waals surface area contributed by atoms with Gasteiger partial charge in [0.2, 0.25) is 0 Å². The summed E-state index contributed by atoms with van der Waals surface area (Å²) in [6.45, 7) is 0. The fourth-order valence-electron chi connectivity index (χ4n) is 4.67.